The molecule has 0 saturated heterocycles. The van der Waals surface area contributed by atoms with E-state index in [1.165, 1.54) is 9.47 Å². The van der Waals surface area contributed by atoms with E-state index in [9.17, 15) is 14.4 Å². The second-order valence-electron chi connectivity index (χ2n) is 8.61. The predicted molar refractivity (Wildman–Crippen MR) is 134 cm³/mol. The summed E-state index contributed by atoms with van der Waals surface area (Å²) in [6, 6.07) is 16.5. The monoisotopic (exact) mass is 464 g/mol. The number of aromatic nitrogens is 2. The van der Waals surface area contributed by atoms with Crippen LogP contribution in [0.2, 0.25) is 0 Å². The van der Waals surface area contributed by atoms with E-state index < -0.39 is 11.2 Å². The van der Waals surface area contributed by atoms with Gasteiger partial charge in [-0.2, -0.15) is 0 Å². The molecule has 1 amide bonds. The first-order valence-corrected chi connectivity index (χ1v) is 11.5. The molecule has 180 valence electrons. The maximum absolute atomic E-state index is 13.5. The lowest BCUT2D eigenvalue weighted by Crippen LogP contribution is -2.42. The van der Waals surface area contributed by atoms with Crippen LogP contribution in [0.5, 0.6) is 5.75 Å². The van der Waals surface area contributed by atoms with Crippen LogP contribution in [0.1, 0.15) is 49.5 Å². The van der Waals surface area contributed by atoms with Gasteiger partial charge < -0.3 is 15.4 Å². The summed E-state index contributed by atoms with van der Waals surface area (Å²) < 4.78 is 7.08. The Morgan fingerprint density at radius 3 is 2.38 bits per heavy atom. The van der Waals surface area contributed by atoms with Crippen LogP contribution >= 0.6 is 0 Å². The highest BCUT2D eigenvalue weighted by Crippen LogP contribution is 2.22. The van der Waals surface area contributed by atoms with E-state index in [1.54, 1.807) is 12.1 Å². The molecule has 34 heavy (non-hydrogen) atoms. The van der Waals surface area contributed by atoms with Crippen LogP contribution in [-0.2, 0) is 13.2 Å². The molecule has 3 aromatic rings. The van der Waals surface area contributed by atoms with Gasteiger partial charge in [0.25, 0.3) is 11.5 Å². The number of unbranched alkanes of at least 4 members (excludes halogenated alkanes) is 1. The Kier molecular flexibility index (Phi) is 8.29. The highest BCUT2D eigenvalue weighted by Gasteiger charge is 2.26. The number of aromatic amines is 1. The van der Waals surface area contributed by atoms with E-state index in [-0.39, 0.29) is 29.9 Å². The number of nitrogens with zero attached hydrogens (tertiary/aromatic N) is 2. The fourth-order valence-corrected chi connectivity index (χ4v) is 3.60. The first-order valence-electron chi connectivity index (χ1n) is 11.5. The third-order valence-electron chi connectivity index (χ3n) is 5.36. The van der Waals surface area contributed by atoms with Crippen molar-refractivity contribution in [3.05, 3.63) is 86.6 Å². The third-order valence-corrected chi connectivity index (χ3v) is 5.36. The first kappa shape index (κ1) is 24.8. The van der Waals surface area contributed by atoms with Crippen LogP contribution in [0, 0.1) is 5.92 Å². The second-order valence-corrected chi connectivity index (χ2v) is 8.61. The number of anilines is 2. The molecule has 0 fully saturated rings. The zero-order valence-corrected chi connectivity index (χ0v) is 19.9. The number of nitrogen functional groups attached to an aromatic ring is 1. The van der Waals surface area contributed by atoms with Gasteiger partial charge in [-0.15, -0.1) is 0 Å². The van der Waals surface area contributed by atoms with E-state index in [0.717, 1.165) is 24.2 Å². The zero-order valence-electron chi connectivity index (χ0n) is 19.9. The molecule has 0 radical (unpaired) electrons. The number of H-pyrrole nitrogens is 1. The van der Waals surface area contributed by atoms with Gasteiger partial charge in [0.1, 0.15) is 18.2 Å². The van der Waals surface area contributed by atoms with Crippen LogP contribution in [0.15, 0.2) is 64.2 Å². The lowest BCUT2D eigenvalue weighted by molar-refractivity contribution is 0.0983. The number of carbonyl (C=O) groups excluding carboxylic acids is 1. The summed E-state index contributed by atoms with van der Waals surface area (Å²) >= 11 is 0. The van der Waals surface area contributed by atoms with E-state index in [4.69, 9.17) is 10.5 Å². The normalized spacial score (nSPS) is 10.9. The van der Waals surface area contributed by atoms with Crippen LogP contribution < -0.4 is 26.6 Å². The highest BCUT2D eigenvalue weighted by atomic mass is 16.5. The van der Waals surface area contributed by atoms with Gasteiger partial charge in [0.15, 0.2) is 5.69 Å². The average molecular weight is 465 g/mol. The van der Waals surface area contributed by atoms with Crippen molar-refractivity contribution in [3.8, 4) is 5.75 Å². The van der Waals surface area contributed by atoms with E-state index >= 15 is 0 Å². The molecule has 3 rings (SSSR count). The van der Waals surface area contributed by atoms with Gasteiger partial charge in [0.05, 0.1) is 0 Å². The molecule has 0 saturated carbocycles. The summed E-state index contributed by atoms with van der Waals surface area (Å²) in [6.07, 6.45) is 1.58. The Labute approximate surface area is 199 Å². The number of nitrogens with one attached hydrogen (secondary N) is 1. The summed E-state index contributed by atoms with van der Waals surface area (Å²) in [4.78, 5) is 42.3. The number of para-hydroxylation sites is 1. The number of amides is 1. The maximum Gasteiger partial charge on any atom is 0.330 e. The van der Waals surface area contributed by atoms with Crippen LogP contribution in [0.25, 0.3) is 0 Å². The number of hydrogen-bond donors (Lipinski definition) is 2. The van der Waals surface area contributed by atoms with E-state index in [1.807, 2.05) is 63.2 Å². The molecule has 0 atom stereocenters. The minimum Gasteiger partial charge on any atom is -0.489 e. The molecule has 8 heteroatoms. The number of nitrogens with two attached hydrogens (primary N) is 1. The molecule has 1 heterocycles. The number of benzene rings is 2. The zero-order chi connectivity index (χ0) is 24.7. The lowest BCUT2D eigenvalue weighted by Gasteiger charge is -2.26. The Hall–Kier alpha value is -3.81. The van der Waals surface area contributed by atoms with Crippen molar-refractivity contribution in [2.24, 2.45) is 5.92 Å². The summed E-state index contributed by atoms with van der Waals surface area (Å²) in [5.41, 5.74) is 6.35. The lowest BCUT2D eigenvalue weighted by atomic mass is 10.1. The van der Waals surface area contributed by atoms with Gasteiger partial charge in [-0.25, -0.2) is 4.79 Å². The molecule has 0 aliphatic heterocycles. The van der Waals surface area contributed by atoms with Crippen molar-refractivity contribution < 1.29 is 9.53 Å². The summed E-state index contributed by atoms with van der Waals surface area (Å²) in [7, 11) is 0. The van der Waals surface area contributed by atoms with Gasteiger partial charge in [0, 0.05) is 18.7 Å². The molecule has 1 aromatic heterocycles. The summed E-state index contributed by atoms with van der Waals surface area (Å²) in [6.45, 7) is 6.89. The van der Waals surface area contributed by atoms with Crippen molar-refractivity contribution in [1.29, 1.82) is 0 Å². The van der Waals surface area contributed by atoms with Crippen LogP contribution in [0.3, 0.4) is 0 Å². The van der Waals surface area contributed by atoms with Crippen LogP contribution in [0.4, 0.5) is 11.5 Å². The minimum absolute atomic E-state index is 0.00378. The Balaban J connectivity index is 1.89. The van der Waals surface area contributed by atoms with Crippen molar-refractivity contribution in [2.75, 3.05) is 17.2 Å². The Morgan fingerprint density at radius 1 is 1.09 bits per heavy atom. The Bertz CT molecular complexity index is 1210. The fraction of sp³-hybridized carbons (Fsp3) is 0.346. The van der Waals surface area contributed by atoms with Crippen molar-refractivity contribution in [2.45, 2.75) is 46.8 Å². The van der Waals surface area contributed by atoms with Crippen LogP contribution in [-0.4, -0.2) is 22.0 Å². The molecule has 0 aliphatic rings. The topological polar surface area (TPSA) is 110 Å². The van der Waals surface area contributed by atoms with E-state index in [0.29, 0.717) is 18.7 Å². The molecule has 0 spiro atoms. The fourth-order valence-electron chi connectivity index (χ4n) is 3.60. The molecule has 8 nitrogen and oxygen atoms in total. The van der Waals surface area contributed by atoms with Crippen molar-refractivity contribution in [1.82, 2.24) is 9.55 Å². The molecule has 0 unspecified atom stereocenters. The molecule has 3 N–H and O–H groups in total. The Morgan fingerprint density at radius 2 is 1.76 bits per heavy atom. The first-order chi connectivity index (χ1) is 16.3. The number of rotatable bonds is 10. The predicted octanol–water partition coefficient (Wildman–Crippen LogP) is 3.80. The maximum atomic E-state index is 13.5. The van der Waals surface area contributed by atoms with Gasteiger partial charge in [-0.3, -0.25) is 19.1 Å². The summed E-state index contributed by atoms with van der Waals surface area (Å²) in [5, 5.41) is 0. The average Bonchev–Trinajstić information content (AvgIpc) is 2.82. The van der Waals surface area contributed by atoms with Crippen molar-refractivity contribution in [3.63, 3.8) is 0 Å². The number of hydrogen-bond acceptors (Lipinski definition) is 5. The highest BCUT2D eigenvalue weighted by molar-refractivity contribution is 6.07. The van der Waals surface area contributed by atoms with Gasteiger partial charge in [0.2, 0.25) is 0 Å². The quantitative estimate of drug-likeness (QED) is 0.474. The largest absolute Gasteiger partial charge is 0.489 e. The molecular formula is C26H32N4O4. The van der Waals surface area contributed by atoms with Gasteiger partial charge >= 0.3 is 5.69 Å². The molecule has 2 aromatic carbocycles. The SMILES string of the molecule is CCCCn1c(N)c(N(CC(C)C)C(=O)c2ccc(COc3ccccc3)cc2)c(=O)[nH]c1=O. The smallest absolute Gasteiger partial charge is 0.330 e. The summed E-state index contributed by atoms with van der Waals surface area (Å²) in [5.74, 6) is 0.474. The van der Waals surface area contributed by atoms with Crippen molar-refractivity contribution >= 4 is 17.4 Å². The minimum atomic E-state index is -0.669. The van der Waals surface area contributed by atoms with Gasteiger partial charge in [-0.05, 0) is 42.2 Å². The second kappa shape index (κ2) is 11.4. The van der Waals surface area contributed by atoms with Gasteiger partial charge in [-0.1, -0.05) is 57.5 Å². The molecule has 0 aliphatic carbocycles. The number of carbonyl (C=O) groups is 1. The standard InChI is InChI=1S/C26H32N4O4/c1-4-5-15-29-23(27)22(24(31)28-26(29)33)30(16-18(2)3)25(32)20-13-11-19(12-14-20)17-34-21-9-7-6-8-10-21/h6-14,18H,4-5,15-17,27H2,1-3H3,(H,28,31,33). The number of ether oxygens (including phenoxy) is 1. The molecular weight excluding hydrogens is 432 g/mol. The third kappa shape index (κ3) is 5.95. The van der Waals surface area contributed by atoms with E-state index in [2.05, 4.69) is 4.98 Å². The molecule has 0 bridgehead atoms.